The van der Waals surface area contributed by atoms with Crippen molar-refractivity contribution in [3.63, 3.8) is 0 Å². The van der Waals surface area contributed by atoms with Crippen LogP contribution in [-0.4, -0.2) is 70.1 Å². The molecule has 0 saturated carbocycles. The van der Waals surface area contributed by atoms with Gasteiger partial charge >= 0.3 is 0 Å². The predicted octanol–water partition coefficient (Wildman–Crippen LogP) is 1.01. The van der Waals surface area contributed by atoms with Crippen LogP contribution in [0.3, 0.4) is 0 Å². The molecule has 0 amide bonds. The highest BCUT2D eigenvalue weighted by Gasteiger charge is 2.41. The average molecular weight is 441 g/mol. The summed E-state index contributed by atoms with van der Waals surface area (Å²) in [6.45, 7) is 1.57. The van der Waals surface area contributed by atoms with Gasteiger partial charge < -0.3 is 14.9 Å². The third-order valence-electron chi connectivity index (χ3n) is 5.32. The van der Waals surface area contributed by atoms with E-state index >= 15 is 0 Å². The molecule has 1 saturated heterocycles. The first-order valence-corrected chi connectivity index (χ1v) is 10.5. The summed E-state index contributed by atoms with van der Waals surface area (Å²) < 4.78 is 10.1. The molecule has 1 fully saturated rings. The van der Waals surface area contributed by atoms with E-state index < -0.39 is 24.4 Å². The topological polar surface area (TPSA) is 141 Å². The quantitative estimate of drug-likeness (QED) is 0.434. The van der Waals surface area contributed by atoms with E-state index in [1.807, 2.05) is 25.1 Å². The lowest BCUT2D eigenvalue weighted by atomic mass is 9.95. The fraction of sp³-hybridized carbons (Fsp3) is 0.368. The van der Waals surface area contributed by atoms with Gasteiger partial charge in [0.25, 0.3) is 0 Å². The van der Waals surface area contributed by atoms with Crippen LogP contribution in [0.1, 0.15) is 39.9 Å². The first-order valence-electron chi connectivity index (χ1n) is 9.66. The minimum absolute atomic E-state index is 0.159. The minimum atomic E-state index is -1.03. The van der Waals surface area contributed by atoms with Gasteiger partial charge in [0, 0.05) is 6.42 Å². The minimum Gasteiger partial charge on any atom is -0.394 e. The Morgan fingerprint density at radius 2 is 2.26 bits per heavy atom. The Labute approximate surface area is 179 Å². The molecule has 4 atom stereocenters. The molecule has 4 aromatic rings. The number of hydrogen-bond acceptors (Lipinski definition) is 10. The SMILES string of the molecule is Cc1nc2ccc(-n3ncnc3C3CC(n4cc(C=O)nn4)C(O)C(CO)O3)cc2s1. The number of aryl methyl sites for hydroxylation is 1. The molecule has 4 heterocycles. The number of aromatic nitrogens is 7. The monoisotopic (exact) mass is 441 g/mol. The Bertz CT molecular complexity index is 1240. The lowest BCUT2D eigenvalue weighted by molar-refractivity contribution is -0.161. The van der Waals surface area contributed by atoms with Gasteiger partial charge in [0.1, 0.15) is 30.3 Å². The molecule has 5 rings (SSSR count). The second-order valence-electron chi connectivity index (χ2n) is 7.30. The van der Waals surface area contributed by atoms with Crippen LogP contribution in [0.2, 0.25) is 0 Å². The lowest BCUT2D eigenvalue weighted by Gasteiger charge is -2.38. The van der Waals surface area contributed by atoms with Crippen molar-refractivity contribution in [3.8, 4) is 5.69 Å². The van der Waals surface area contributed by atoms with E-state index in [4.69, 9.17) is 4.74 Å². The van der Waals surface area contributed by atoms with E-state index in [-0.39, 0.29) is 12.3 Å². The number of benzene rings is 1. The van der Waals surface area contributed by atoms with Crippen molar-refractivity contribution < 1.29 is 19.7 Å². The van der Waals surface area contributed by atoms with Crippen molar-refractivity contribution in [1.29, 1.82) is 0 Å². The van der Waals surface area contributed by atoms with E-state index in [0.717, 1.165) is 20.9 Å². The highest BCUT2D eigenvalue weighted by molar-refractivity contribution is 7.18. The van der Waals surface area contributed by atoms with Gasteiger partial charge in [-0.3, -0.25) is 4.79 Å². The smallest absolute Gasteiger partial charge is 0.171 e. The second-order valence-corrected chi connectivity index (χ2v) is 8.53. The lowest BCUT2D eigenvalue weighted by Crippen LogP contribution is -2.45. The van der Waals surface area contributed by atoms with Gasteiger partial charge in [-0.15, -0.1) is 16.4 Å². The first-order chi connectivity index (χ1) is 15.1. The number of ether oxygens (including phenoxy) is 1. The zero-order valence-corrected chi connectivity index (χ0v) is 17.3. The molecule has 1 aliphatic rings. The molecular formula is C19H19N7O4S. The Morgan fingerprint density at radius 1 is 1.39 bits per heavy atom. The highest BCUT2D eigenvalue weighted by Crippen LogP contribution is 2.37. The molecule has 4 unspecified atom stereocenters. The third kappa shape index (κ3) is 3.53. The van der Waals surface area contributed by atoms with E-state index in [9.17, 15) is 15.0 Å². The molecule has 0 bridgehead atoms. The number of carbonyl (C=O) groups is 1. The number of aliphatic hydroxyl groups excluding tert-OH is 2. The van der Waals surface area contributed by atoms with Crippen LogP contribution in [0.5, 0.6) is 0 Å². The average Bonchev–Trinajstić information content (AvgIpc) is 3.51. The van der Waals surface area contributed by atoms with Crippen molar-refractivity contribution >= 4 is 27.8 Å². The third-order valence-corrected chi connectivity index (χ3v) is 6.26. The van der Waals surface area contributed by atoms with E-state index in [2.05, 4.69) is 25.4 Å². The number of thiazole rings is 1. The summed E-state index contributed by atoms with van der Waals surface area (Å²) in [7, 11) is 0. The number of hydrogen-bond donors (Lipinski definition) is 2. The molecule has 1 aromatic carbocycles. The first kappa shape index (κ1) is 19.9. The summed E-state index contributed by atoms with van der Waals surface area (Å²) in [6, 6.07) is 5.27. The largest absolute Gasteiger partial charge is 0.394 e. The highest BCUT2D eigenvalue weighted by atomic mass is 32.1. The summed E-state index contributed by atoms with van der Waals surface area (Å²) in [4.78, 5) is 19.9. The maximum Gasteiger partial charge on any atom is 0.171 e. The van der Waals surface area contributed by atoms with Gasteiger partial charge in [0.2, 0.25) is 0 Å². The van der Waals surface area contributed by atoms with Crippen molar-refractivity contribution in [2.24, 2.45) is 0 Å². The van der Waals surface area contributed by atoms with E-state index in [1.165, 1.54) is 17.2 Å². The molecule has 12 heteroatoms. The molecule has 2 N–H and O–H groups in total. The van der Waals surface area contributed by atoms with Crippen LogP contribution < -0.4 is 0 Å². The number of aldehydes is 1. The van der Waals surface area contributed by atoms with Crippen LogP contribution in [0.25, 0.3) is 15.9 Å². The van der Waals surface area contributed by atoms with Gasteiger partial charge in [-0.2, -0.15) is 5.10 Å². The molecule has 0 spiro atoms. The summed E-state index contributed by atoms with van der Waals surface area (Å²) in [5.41, 5.74) is 1.88. The van der Waals surface area contributed by atoms with Crippen molar-refractivity contribution in [2.45, 2.75) is 37.7 Å². The maximum atomic E-state index is 11.0. The Morgan fingerprint density at radius 3 is 3.03 bits per heavy atom. The van der Waals surface area contributed by atoms with E-state index in [0.29, 0.717) is 18.5 Å². The standard InChI is InChI=1S/C19H19N7O4S/c1-10-22-13-3-2-12(4-17(13)31-10)26-19(20-9-21-26)15-5-14(18(29)16(8-28)30-15)25-6-11(7-27)23-24-25/h2-4,6-7,9,14-16,18,28-29H,5,8H2,1H3. The van der Waals surface area contributed by atoms with Crippen LogP contribution in [0.4, 0.5) is 0 Å². The Hall–Kier alpha value is -3.06. The Kier molecular flexibility index (Phi) is 5.06. The van der Waals surface area contributed by atoms with Gasteiger partial charge in [0.05, 0.1) is 39.8 Å². The molecule has 31 heavy (non-hydrogen) atoms. The van der Waals surface area contributed by atoms with Crippen molar-refractivity contribution in [2.75, 3.05) is 6.61 Å². The summed E-state index contributed by atoms with van der Waals surface area (Å²) in [5.74, 6) is 0.534. The van der Waals surface area contributed by atoms with Crippen molar-refractivity contribution in [1.82, 2.24) is 34.7 Å². The summed E-state index contributed by atoms with van der Waals surface area (Å²) in [5, 5.41) is 33.5. The Balaban J connectivity index is 1.50. The van der Waals surface area contributed by atoms with Gasteiger partial charge in [-0.1, -0.05) is 5.21 Å². The zero-order valence-electron chi connectivity index (χ0n) is 16.4. The molecule has 160 valence electrons. The van der Waals surface area contributed by atoms with Crippen LogP contribution in [0, 0.1) is 6.92 Å². The summed E-state index contributed by atoms with van der Waals surface area (Å²) in [6.07, 6.45) is 1.33. The zero-order chi connectivity index (χ0) is 21.5. The van der Waals surface area contributed by atoms with Gasteiger partial charge in [-0.05, 0) is 25.1 Å². The van der Waals surface area contributed by atoms with Crippen molar-refractivity contribution in [3.05, 3.63) is 47.2 Å². The molecule has 0 aliphatic carbocycles. The predicted molar refractivity (Wildman–Crippen MR) is 109 cm³/mol. The van der Waals surface area contributed by atoms with Gasteiger partial charge in [-0.25, -0.2) is 19.3 Å². The van der Waals surface area contributed by atoms with Crippen LogP contribution >= 0.6 is 11.3 Å². The number of fused-ring (bicyclic) bond motifs is 1. The summed E-state index contributed by atoms with van der Waals surface area (Å²) >= 11 is 1.59. The maximum absolute atomic E-state index is 11.0. The molecule has 0 radical (unpaired) electrons. The van der Waals surface area contributed by atoms with E-state index in [1.54, 1.807) is 16.0 Å². The molecule has 3 aromatic heterocycles. The second kappa shape index (κ2) is 7.89. The number of carbonyl (C=O) groups excluding carboxylic acids is 1. The van der Waals surface area contributed by atoms with Gasteiger partial charge in [0.15, 0.2) is 12.1 Å². The normalized spacial score (nSPS) is 24.0. The molecular weight excluding hydrogens is 422 g/mol. The molecule has 11 nitrogen and oxygen atoms in total. The van der Waals surface area contributed by atoms with Crippen LogP contribution in [0.15, 0.2) is 30.7 Å². The fourth-order valence-electron chi connectivity index (χ4n) is 3.87. The number of aliphatic hydroxyl groups is 2. The number of nitrogens with zero attached hydrogens (tertiary/aromatic N) is 7. The fourth-order valence-corrected chi connectivity index (χ4v) is 4.73. The van der Waals surface area contributed by atoms with Crippen LogP contribution in [-0.2, 0) is 4.74 Å². The number of rotatable bonds is 5. The molecule has 1 aliphatic heterocycles.